The molecule has 0 bridgehead atoms. The van der Waals surface area contributed by atoms with Crippen LogP contribution in [0.2, 0.25) is 0 Å². The predicted molar refractivity (Wildman–Crippen MR) is 68.3 cm³/mol. The van der Waals surface area contributed by atoms with Crippen molar-refractivity contribution >= 4 is 11.0 Å². The van der Waals surface area contributed by atoms with Gasteiger partial charge in [0.2, 0.25) is 5.82 Å². The molecule has 3 aromatic rings. The number of para-hydroxylation sites is 1. The zero-order valence-electron chi connectivity index (χ0n) is 10.4. The monoisotopic (exact) mass is 259 g/mol. The van der Waals surface area contributed by atoms with Crippen molar-refractivity contribution in [2.24, 2.45) is 5.73 Å². The minimum absolute atomic E-state index is 0.282. The number of benzene rings is 1. The zero-order chi connectivity index (χ0) is 13.2. The van der Waals surface area contributed by atoms with Crippen molar-refractivity contribution in [3.8, 4) is 11.4 Å². The van der Waals surface area contributed by atoms with Crippen molar-refractivity contribution in [3.63, 3.8) is 0 Å². The number of hydrogen-bond donors (Lipinski definition) is 1. The lowest BCUT2D eigenvalue weighted by Gasteiger charge is -2.05. The van der Waals surface area contributed by atoms with Crippen LogP contribution in [0.5, 0.6) is 0 Å². The van der Waals surface area contributed by atoms with Crippen LogP contribution >= 0.6 is 0 Å². The first-order valence-corrected chi connectivity index (χ1v) is 5.86. The molecule has 19 heavy (non-hydrogen) atoms. The van der Waals surface area contributed by atoms with Crippen molar-refractivity contribution < 1.29 is 13.7 Å². The highest BCUT2D eigenvalue weighted by molar-refractivity contribution is 5.91. The van der Waals surface area contributed by atoms with E-state index in [-0.39, 0.29) is 12.6 Å². The van der Waals surface area contributed by atoms with Crippen molar-refractivity contribution in [1.82, 2.24) is 10.1 Å². The molecule has 0 fully saturated rings. The van der Waals surface area contributed by atoms with Gasteiger partial charge in [-0.25, -0.2) is 0 Å². The summed E-state index contributed by atoms with van der Waals surface area (Å²) < 4.78 is 15.8. The van der Waals surface area contributed by atoms with Crippen LogP contribution in [0.25, 0.3) is 22.4 Å². The Kier molecular flexibility index (Phi) is 3.02. The molecule has 0 amide bonds. The first kappa shape index (κ1) is 11.9. The molecule has 2 aromatic heterocycles. The lowest BCUT2D eigenvalue weighted by atomic mass is 10.2. The molecule has 1 aromatic carbocycles. The molecule has 98 valence electrons. The summed E-state index contributed by atoms with van der Waals surface area (Å²) in [5, 5.41) is 4.89. The van der Waals surface area contributed by atoms with E-state index in [4.69, 9.17) is 19.4 Å². The Morgan fingerprint density at radius 2 is 2.21 bits per heavy atom. The van der Waals surface area contributed by atoms with Crippen LogP contribution in [0.3, 0.4) is 0 Å². The second-order valence-electron chi connectivity index (χ2n) is 4.06. The van der Waals surface area contributed by atoms with Gasteiger partial charge in [-0.15, -0.1) is 0 Å². The van der Waals surface area contributed by atoms with Gasteiger partial charge in [0.1, 0.15) is 18.0 Å². The minimum atomic E-state index is -0.389. The number of aromatic nitrogens is 2. The fourth-order valence-corrected chi connectivity index (χ4v) is 1.92. The Morgan fingerprint density at radius 3 is 3.00 bits per heavy atom. The number of nitrogens with two attached hydrogens (primary N) is 1. The Bertz CT molecular complexity index is 685. The smallest absolute Gasteiger partial charge is 0.257 e. The summed E-state index contributed by atoms with van der Waals surface area (Å²) in [5.41, 5.74) is 7.14. The lowest BCUT2D eigenvalue weighted by Crippen LogP contribution is -2.14. The molecule has 0 radical (unpaired) electrons. The molecule has 0 aliphatic rings. The summed E-state index contributed by atoms with van der Waals surface area (Å²) >= 11 is 0. The van der Waals surface area contributed by atoms with Gasteiger partial charge in [-0.2, -0.15) is 4.98 Å². The zero-order valence-corrected chi connectivity index (χ0v) is 10.4. The third-order valence-electron chi connectivity index (χ3n) is 2.94. The van der Waals surface area contributed by atoms with Crippen molar-refractivity contribution in [3.05, 3.63) is 36.4 Å². The second kappa shape index (κ2) is 4.83. The molecule has 0 spiro atoms. The van der Waals surface area contributed by atoms with Gasteiger partial charge in [0.25, 0.3) is 5.89 Å². The SMILES string of the molecule is COC(CN)c1nc(-c2coc3ccccc23)no1. The summed E-state index contributed by atoms with van der Waals surface area (Å²) in [6.45, 7) is 0.282. The molecule has 0 aliphatic heterocycles. The molecular weight excluding hydrogens is 246 g/mol. The third kappa shape index (κ3) is 2.00. The van der Waals surface area contributed by atoms with Crippen LogP contribution < -0.4 is 5.73 Å². The third-order valence-corrected chi connectivity index (χ3v) is 2.94. The van der Waals surface area contributed by atoms with Gasteiger partial charge in [0.05, 0.1) is 5.56 Å². The topological polar surface area (TPSA) is 87.3 Å². The standard InChI is InChI=1S/C13H13N3O3/c1-17-11(6-14)13-15-12(16-19-13)9-7-18-10-5-3-2-4-8(9)10/h2-5,7,11H,6,14H2,1H3. The number of fused-ring (bicyclic) bond motifs is 1. The van der Waals surface area contributed by atoms with E-state index in [1.54, 1.807) is 13.4 Å². The molecule has 6 heteroatoms. The summed E-state index contributed by atoms with van der Waals surface area (Å²) in [6.07, 6.45) is 1.23. The Balaban J connectivity index is 2.03. The highest BCUT2D eigenvalue weighted by Crippen LogP contribution is 2.29. The van der Waals surface area contributed by atoms with E-state index in [9.17, 15) is 0 Å². The minimum Gasteiger partial charge on any atom is -0.464 e. The lowest BCUT2D eigenvalue weighted by molar-refractivity contribution is 0.0804. The molecule has 0 saturated heterocycles. The van der Waals surface area contributed by atoms with Gasteiger partial charge in [-0.05, 0) is 6.07 Å². The van der Waals surface area contributed by atoms with Gasteiger partial charge in [0.15, 0.2) is 0 Å². The van der Waals surface area contributed by atoms with Crippen LogP contribution in [0.1, 0.15) is 12.0 Å². The van der Waals surface area contributed by atoms with E-state index in [2.05, 4.69) is 10.1 Å². The van der Waals surface area contributed by atoms with Crippen LogP contribution in [0, 0.1) is 0 Å². The maximum Gasteiger partial charge on any atom is 0.257 e. The van der Waals surface area contributed by atoms with Gasteiger partial charge in [-0.3, -0.25) is 0 Å². The fraction of sp³-hybridized carbons (Fsp3) is 0.231. The Labute approximate surface area is 109 Å². The van der Waals surface area contributed by atoms with Crippen LogP contribution in [-0.2, 0) is 4.74 Å². The van der Waals surface area contributed by atoms with E-state index < -0.39 is 0 Å². The maximum atomic E-state index is 5.56. The van der Waals surface area contributed by atoms with E-state index in [0.717, 1.165) is 16.5 Å². The van der Waals surface area contributed by atoms with Gasteiger partial charge >= 0.3 is 0 Å². The summed E-state index contributed by atoms with van der Waals surface area (Å²) in [5.74, 6) is 0.834. The first-order chi connectivity index (χ1) is 9.33. The Morgan fingerprint density at radius 1 is 1.37 bits per heavy atom. The van der Waals surface area contributed by atoms with E-state index in [1.807, 2.05) is 24.3 Å². The highest BCUT2D eigenvalue weighted by Gasteiger charge is 2.19. The second-order valence-corrected chi connectivity index (χ2v) is 4.06. The molecule has 6 nitrogen and oxygen atoms in total. The Hall–Kier alpha value is -2.18. The number of nitrogens with zero attached hydrogens (tertiary/aromatic N) is 2. The van der Waals surface area contributed by atoms with Gasteiger partial charge < -0.3 is 19.4 Å². The van der Waals surface area contributed by atoms with Crippen LogP contribution in [0.15, 0.2) is 39.5 Å². The average Bonchev–Trinajstić information content (AvgIpc) is 3.06. The van der Waals surface area contributed by atoms with E-state index in [1.165, 1.54) is 0 Å². The van der Waals surface area contributed by atoms with Gasteiger partial charge in [0, 0.05) is 19.0 Å². The van der Waals surface area contributed by atoms with Crippen LogP contribution in [-0.4, -0.2) is 23.8 Å². The molecule has 2 N–H and O–H groups in total. The molecule has 3 rings (SSSR count). The van der Waals surface area contributed by atoms with Gasteiger partial charge in [-0.1, -0.05) is 23.4 Å². The molecular formula is C13H13N3O3. The normalized spacial score (nSPS) is 12.9. The molecule has 1 unspecified atom stereocenters. The number of rotatable bonds is 4. The first-order valence-electron chi connectivity index (χ1n) is 5.86. The molecule has 1 atom stereocenters. The summed E-state index contributed by atoms with van der Waals surface area (Å²) in [4.78, 5) is 4.30. The number of methoxy groups -OCH3 is 1. The average molecular weight is 259 g/mol. The fourth-order valence-electron chi connectivity index (χ4n) is 1.92. The van der Waals surface area contributed by atoms with Crippen LogP contribution in [0.4, 0.5) is 0 Å². The summed E-state index contributed by atoms with van der Waals surface area (Å²) in [6, 6.07) is 7.67. The highest BCUT2D eigenvalue weighted by atomic mass is 16.5. The molecule has 0 aliphatic carbocycles. The summed E-state index contributed by atoms with van der Waals surface area (Å²) in [7, 11) is 1.55. The quantitative estimate of drug-likeness (QED) is 0.772. The van der Waals surface area contributed by atoms with Crippen molar-refractivity contribution in [2.45, 2.75) is 6.10 Å². The molecule has 0 saturated carbocycles. The van der Waals surface area contributed by atoms with Crippen molar-refractivity contribution in [2.75, 3.05) is 13.7 Å². The predicted octanol–water partition coefficient (Wildman–Crippen LogP) is 2.13. The maximum absolute atomic E-state index is 5.56. The van der Waals surface area contributed by atoms with Crippen molar-refractivity contribution in [1.29, 1.82) is 0 Å². The van der Waals surface area contributed by atoms with E-state index >= 15 is 0 Å². The number of hydrogen-bond acceptors (Lipinski definition) is 6. The number of furan rings is 1. The largest absolute Gasteiger partial charge is 0.464 e. The molecule has 2 heterocycles. The number of ether oxygens (including phenoxy) is 1. The van der Waals surface area contributed by atoms with E-state index in [0.29, 0.717) is 11.7 Å².